The number of amides is 3. The Kier molecular flexibility index (Phi) is 5.35. The van der Waals surface area contributed by atoms with E-state index in [1.54, 1.807) is 18.2 Å². The first kappa shape index (κ1) is 15.2. The van der Waals surface area contributed by atoms with Gasteiger partial charge in [0.1, 0.15) is 0 Å². The van der Waals surface area contributed by atoms with Crippen LogP contribution in [0.2, 0.25) is 0 Å². The van der Waals surface area contributed by atoms with Crippen molar-refractivity contribution in [3.05, 3.63) is 61.2 Å². The van der Waals surface area contributed by atoms with Gasteiger partial charge in [-0.25, -0.2) is 4.79 Å². The van der Waals surface area contributed by atoms with E-state index in [0.29, 0.717) is 11.3 Å². The van der Waals surface area contributed by atoms with Gasteiger partial charge in [-0.15, -0.1) is 0 Å². The Bertz CT molecular complexity index is 659. The Morgan fingerprint density at radius 3 is 2.10 bits per heavy atom. The summed E-state index contributed by atoms with van der Waals surface area (Å²) in [6, 6.07) is 13.9. The van der Waals surface area contributed by atoms with Gasteiger partial charge in [-0.2, -0.15) is 0 Å². The lowest BCUT2D eigenvalue weighted by atomic mass is 10.2. The van der Waals surface area contributed by atoms with Crippen molar-refractivity contribution in [2.24, 2.45) is 0 Å². The SMILES string of the molecule is O=C(NC(=O)c1ccccc1I)Nc1ccccc1I. The summed E-state index contributed by atoms with van der Waals surface area (Å²) in [6.07, 6.45) is 0. The molecule has 0 aliphatic carbocycles. The van der Waals surface area contributed by atoms with Gasteiger partial charge >= 0.3 is 6.03 Å². The largest absolute Gasteiger partial charge is 0.326 e. The number of para-hydroxylation sites is 1. The fourth-order valence-electron chi connectivity index (χ4n) is 1.53. The van der Waals surface area contributed by atoms with Crippen molar-refractivity contribution in [3.63, 3.8) is 0 Å². The quantitative estimate of drug-likeness (QED) is 0.627. The third-order valence-electron chi connectivity index (χ3n) is 2.47. The van der Waals surface area contributed by atoms with Crippen molar-refractivity contribution in [2.45, 2.75) is 0 Å². The van der Waals surface area contributed by atoms with Crippen LogP contribution in [0.25, 0.3) is 0 Å². The number of carbonyl (C=O) groups excluding carboxylic acids is 2. The van der Waals surface area contributed by atoms with E-state index >= 15 is 0 Å². The molecule has 3 amide bonds. The molecule has 2 N–H and O–H groups in total. The lowest BCUT2D eigenvalue weighted by Gasteiger charge is -2.09. The fourth-order valence-corrected chi connectivity index (χ4v) is 2.69. The number of hydrogen-bond donors (Lipinski definition) is 2. The number of nitrogens with one attached hydrogen (secondary N) is 2. The molecule has 2 rings (SSSR count). The van der Waals surface area contributed by atoms with E-state index in [2.05, 4.69) is 55.8 Å². The van der Waals surface area contributed by atoms with Crippen LogP contribution in [0.3, 0.4) is 0 Å². The van der Waals surface area contributed by atoms with Crippen molar-refractivity contribution in [1.29, 1.82) is 0 Å². The molecule has 0 spiro atoms. The second-order valence-corrected chi connectivity index (χ2v) is 6.19. The van der Waals surface area contributed by atoms with E-state index in [9.17, 15) is 9.59 Å². The minimum atomic E-state index is -0.543. The smallest absolute Gasteiger partial charge is 0.307 e. The van der Waals surface area contributed by atoms with Crippen LogP contribution in [-0.2, 0) is 0 Å². The van der Waals surface area contributed by atoms with Crippen molar-refractivity contribution < 1.29 is 9.59 Å². The second-order valence-electron chi connectivity index (χ2n) is 3.87. The van der Waals surface area contributed by atoms with Gasteiger partial charge in [0.25, 0.3) is 5.91 Å². The Hall–Kier alpha value is -1.16. The Morgan fingerprint density at radius 1 is 0.850 bits per heavy atom. The van der Waals surface area contributed by atoms with E-state index < -0.39 is 11.9 Å². The van der Waals surface area contributed by atoms with Gasteiger partial charge in [-0.3, -0.25) is 10.1 Å². The molecular formula is C14H10I2N2O2. The van der Waals surface area contributed by atoms with Crippen LogP contribution in [-0.4, -0.2) is 11.9 Å². The van der Waals surface area contributed by atoms with Crippen molar-refractivity contribution >= 4 is 62.8 Å². The van der Waals surface area contributed by atoms with Gasteiger partial charge in [0.2, 0.25) is 0 Å². The number of hydrogen-bond acceptors (Lipinski definition) is 2. The lowest BCUT2D eigenvalue weighted by molar-refractivity contribution is 0.0966. The molecule has 4 nitrogen and oxygen atoms in total. The lowest BCUT2D eigenvalue weighted by Crippen LogP contribution is -2.34. The molecule has 2 aromatic rings. The minimum absolute atomic E-state index is 0.418. The molecular weight excluding hydrogens is 482 g/mol. The highest BCUT2D eigenvalue weighted by Gasteiger charge is 2.13. The van der Waals surface area contributed by atoms with Gasteiger partial charge in [-0.1, -0.05) is 24.3 Å². The second kappa shape index (κ2) is 7.02. The van der Waals surface area contributed by atoms with Crippen molar-refractivity contribution in [3.8, 4) is 0 Å². The molecule has 0 radical (unpaired) electrons. The van der Waals surface area contributed by atoms with Crippen LogP contribution in [0.1, 0.15) is 10.4 Å². The molecule has 0 unspecified atom stereocenters. The zero-order valence-electron chi connectivity index (χ0n) is 10.2. The molecule has 2 aromatic carbocycles. The number of benzene rings is 2. The van der Waals surface area contributed by atoms with Gasteiger partial charge in [0.05, 0.1) is 11.3 Å². The molecule has 102 valence electrons. The zero-order chi connectivity index (χ0) is 14.5. The Balaban J connectivity index is 2.04. The highest BCUT2D eigenvalue weighted by atomic mass is 127. The molecule has 0 saturated carbocycles. The number of halogens is 2. The number of imide groups is 1. The van der Waals surface area contributed by atoms with Crippen LogP contribution in [0.5, 0.6) is 0 Å². The first-order valence-corrected chi connectivity index (χ1v) is 7.85. The van der Waals surface area contributed by atoms with Crippen LogP contribution >= 0.6 is 45.2 Å². The number of carbonyl (C=O) groups is 2. The topological polar surface area (TPSA) is 58.2 Å². The van der Waals surface area contributed by atoms with Crippen molar-refractivity contribution in [1.82, 2.24) is 5.32 Å². The summed E-state index contributed by atoms with van der Waals surface area (Å²) in [6.45, 7) is 0. The van der Waals surface area contributed by atoms with Gasteiger partial charge in [-0.05, 0) is 69.4 Å². The maximum absolute atomic E-state index is 12.0. The molecule has 0 saturated heterocycles. The Labute approximate surface area is 143 Å². The molecule has 20 heavy (non-hydrogen) atoms. The van der Waals surface area contributed by atoms with Gasteiger partial charge < -0.3 is 5.32 Å². The highest BCUT2D eigenvalue weighted by molar-refractivity contribution is 14.1. The standard InChI is InChI=1S/C14H10I2N2O2/c15-10-6-2-1-5-9(10)13(19)18-14(20)17-12-8-4-3-7-11(12)16/h1-8H,(H2,17,18,19,20). The molecule has 0 fully saturated rings. The minimum Gasteiger partial charge on any atom is -0.307 e. The van der Waals surface area contributed by atoms with E-state index in [1.165, 1.54) is 0 Å². The van der Waals surface area contributed by atoms with Crippen LogP contribution in [0, 0.1) is 7.14 Å². The number of urea groups is 1. The Morgan fingerprint density at radius 2 is 1.45 bits per heavy atom. The summed E-state index contributed by atoms with van der Waals surface area (Å²) < 4.78 is 1.70. The molecule has 0 aliphatic rings. The maximum Gasteiger partial charge on any atom is 0.326 e. The first-order valence-electron chi connectivity index (χ1n) is 5.69. The summed E-state index contributed by atoms with van der Waals surface area (Å²) in [7, 11) is 0. The average Bonchev–Trinajstić information content (AvgIpc) is 2.41. The van der Waals surface area contributed by atoms with Crippen LogP contribution < -0.4 is 10.6 Å². The molecule has 0 aromatic heterocycles. The molecule has 6 heteroatoms. The van der Waals surface area contributed by atoms with Crippen LogP contribution in [0.15, 0.2) is 48.5 Å². The van der Waals surface area contributed by atoms with E-state index in [-0.39, 0.29) is 0 Å². The average molecular weight is 492 g/mol. The maximum atomic E-state index is 12.0. The molecule has 0 aliphatic heterocycles. The van der Waals surface area contributed by atoms with E-state index in [4.69, 9.17) is 0 Å². The van der Waals surface area contributed by atoms with Crippen LogP contribution in [0.4, 0.5) is 10.5 Å². The predicted octanol–water partition coefficient (Wildman–Crippen LogP) is 3.86. The zero-order valence-corrected chi connectivity index (χ0v) is 14.5. The summed E-state index contributed by atoms with van der Waals surface area (Å²) >= 11 is 4.17. The summed E-state index contributed by atoms with van der Waals surface area (Å²) in [4.78, 5) is 23.8. The van der Waals surface area contributed by atoms with E-state index in [0.717, 1.165) is 7.14 Å². The van der Waals surface area contributed by atoms with E-state index in [1.807, 2.05) is 30.3 Å². The predicted molar refractivity (Wildman–Crippen MR) is 94.8 cm³/mol. The van der Waals surface area contributed by atoms with Gasteiger partial charge in [0.15, 0.2) is 0 Å². The van der Waals surface area contributed by atoms with Crippen molar-refractivity contribution in [2.75, 3.05) is 5.32 Å². The summed E-state index contributed by atoms with van der Waals surface area (Å²) in [5, 5.41) is 4.97. The monoisotopic (exact) mass is 492 g/mol. The summed E-state index contributed by atoms with van der Waals surface area (Å²) in [5.74, 6) is -0.418. The molecule has 0 bridgehead atoms. The first-order chi connectivity index (χ1) is 9.58. The summed E-state index contributed by atoms with van der Waals surface area (Å²) in [5.41, 5.74) is 1.15. The molecule has 0 heterocycles. The molecule has 0 atom stereocenters. The van der Waals surface area contributed by atoms with Gasteiger partial charge in [0, 0.05) is 7.14 Å². The number of rotatable bonds is 2. The number of anilines is 1. The highest BCUT2D eigenvalue weighted by Crippen LogP contribution is 2.17. The third kappa shape index (κ3) is 3.92. The normalized spacial score (nSPS) is 9.90. The third-order valence-corrected chi connectivity index (χ3v) is 4.35. The fraction of sp³-hybridized carbons (Fsp3) is 0.